The normalized spacial score (nSPS) is 22.2. The van der Waals surface area contributed by atoms with Crippen LogP contribution in [0.3, 0.4) is 0 Å². The maximum Gasteiger partial charge on any atom is 0.222 e. The number of carbonyl (C=O) groups is 1. The van der Waals surface area contributed by atoms with Crippen LogP contribution in [0.15, 0.2) is 42.9 Å². The first-order valence-corrected chi connectivity index (χ1v) is 8.59. The molecule has 0 N–H and O–H groups in total. The second-order valence-corrected chi connectivity index (χ2v) is 6.79. The Morgan fingerprint density at radius 3 is 2.92 bits per heavy atom. The number of anilines is 1. The second-order valence-electron chi connectivity index (χ2n) is 6.79. The van der Waals surface area contributed by atoms with Crippen LogP contribution >= 0.6 is 0 Å². The average molecular weight is 322 g/mol. The van der Waals surface area contributed by atoms with Gasteiger partial charge >= 0.3 is 0 Å². The third kappa shape index (κ3) is 2.44. The molecular formula is C19H22N4O. The van der Waals surface area contributed by atoms with Gasteiger partial charge in [-0.3, -0.25) is 14.8 Å². The van der Waals surface area contributed by atoms with Crippen LogP contribution in [0.4, 0.5) is 5.69 Å². The molecule has 2 aromatic rings. The van der Waals surface area contributed by atoms with E-state index in [2.05, 4.69) is 22.0 Å². The van der Waals surface area contributed by atoms with Gasteiger partial charge < -0.3 is 9.80 Å². The molecule has 4 rings (SSSR count). The number of likely N-dealkylation sites (tertiary alicyclic amines) is 1. The van der Waals surface area contributed by atoms with E-state index in [1.807, 2.05) is 36.4 Å². The molecule has 2 aliphatic rings. The number of aromatic nitrogens is 2. The van der Waals surface area contributed by atoms with Crippen LogP contribution in [0, 0.1) is 0 Å². The van der Waals surface area contributed by atoms with Crippen LogP contribution in [-0.2, 0) is 16.8 Å². The summed E-state index contributed by atoms with van der Waals surface area (Å²) >= 11 is 0. The van der Waals surface area contributed by atoms with Crippen LogP contribution in [0.25, 0.3) is 0 Å². The van der Waals surface area contributed by atoms with Gasteiger partial charge in [-0.1, -0.05) is 13.0 Å². The van der Waals surface area contributed by atoms with Crippen molar-refractivity contribution >= 4 is 11.6 Å². The fourth-order valence-electron chi connectivity index (χ4n) is 4.07. The standard InChI is InChI=1S/C19H22N4O/c1-2-17(24)22-10-7-19(13-22)14-23(12-15-5-3-8-20-11-15)16-6-4-9-21-18(16)19/h3-6,8-9,11H,2,7,10,12-14H2,1H3/t19-/m0/s1. The Morgan fingerprint density at radius 1 is 1.25 bits per heavy atom. The highest BCUT2D eigenvalue weighted by Crippen LogP contribution is 2.45. The van der Waals surface area contributed by atoms with E-state index in [1.54, 1.807) is 6.20 Å². The summed E-state index contributed by atoms with van der Waals surface area (Å²) in [6.07, 6.45) is 7.16. The number of nitrogens with zero attached hydrogens (tertiary/aromatic N) is 4. The molecule has 1 amide bonds. The molecular weight excluding hydrogens is 300 g/mol. The number of rotatable bonds is 3. The van der Waals surface area contributed by atoms with Crippen molar-refractivity contribution in [3.63, 3.8) is 0 Å². The van der Waals surface area contributed by atoms with Gasteiger partial charge in [0.15, 0.2) is 0 Å². The van der Waals surface area contributed by atoms with Crippen LogP contribution < -0.4 is 4.90 Å². The van der Waals surface area contributed by atoms with Crippen LogP contribution in [0.5, 0.6) is 0 Å². The predicted octanol–water partition coefficient (Wildman–Crippen LogP) is 2.38. The molecule has 1 spiro atoms. The second kappa shape index (κ2) is 5.89. The van der Waals surface area contributed by atoms with Gasteiger partial charge in [-0.15, -0.1) is 0 Å². The molecule has 2 aliphatic heterocycles. The zero-order valence-electron chi connectivity index (χ0n) is 14.0. The molecule has 24 heavy (non-hydrogen) atoms. The van der Waals surface area contributed by atoms with E-state index in [0.717, 1.165) is 38.3 Å². The molecule has 124 valence electrons. The molecule has 4 heterocycles. The molecule has 5 nitrogen and oxygen atoms in total. The number of carbonyl (C=O) groups excluding carboxylic acids is 1. The number of pyridine rings is 2. The summed E-state index contributed by atoms with van der Waals surface area (Å²) in [5.41, 5.74) is 3.53. The summed E-state index contributed by atoms with van der Waals surface area (Å²) in [5, 5.41) is 0. The fourth-order valence-corrected chi connectivity index (χ4v) is 4.07. The lowest BCUT2D eigenvalue weighted by Gasteiger charge is -2.25. The Labute approximate surface area is 142 Å². The number of hydrogen-bond donors (Lipinski definition) is 0. The van der Waals surface area contributed by atoms with Crippen molar-refractivity contribution < 1.29 is 4.79 Å². The molecule has 2 aromatic heterocycles. The van der Waals surface area contributed by atoms with E-state index in [1.165, 1.54) is 11.3 Å². The van der Waals surface area contributed by atoms with E-state index >= 15 is 0 Å². The number of hydrogen-bond acceptors (Lipinski definition) is 4. The summed E-state index contributed by atoms with van der Waals surface area (Å²) in [5.74, 6) is 0.245. The SMILES string of the molecule is CCC(=O)N1CC[C@]2(C1)CN(Cc1cccnc1)c1cccnc12. The van der Waals surface area contributed by atoms with Gasteiger partial charge in [0.25, 0.3) is 0 Å². The van der Waals surface area contributed by atoms with Gasteiger partial charge in [0.1, 0.15) is 0 Å². The Kier molecular flexibility index (Phi) is 3.71. The van der Waals surface area contributed by atoms with Gasteiger partial charge in [0.05, 0.1) is 16.8 Å². The monoisotopic (exact) mass is 322 g/mol. The van der Waals surface area contributed by atoms with E-state index in [4.69, 9.17) is 4.98 Å². The molecule has 0 saturated carbocycles. The van der Waals surface area contributed by atoms with Crippen LogP contribution in [0.1, 0.15) is 31.0 Å². The molecule has 5 heteroatoms. The van der Waals surface area contributed by atoms with Gasteiger partial charge in [0, 0.05) is 51.2 Å². The Bertz CT molecular complexity index is 748. The van der Waals surface area contributed by atoms with Crippen LogP contribution in [-0.4, -0.2) is 40.4 Å². The number of amides is 1. The van der Waals surface area contributed by atoms with E-state index in [-0.39, 0.29) is 11.3 Å². The largest absolute Gasteiger partial charge is 0.365 e. The average Bonchev–Trinajstić information content (AvgIpc) is 3.19. The van der Waals surface area contributed by atoms with E-state index in [9.17, 15) is 4.79 Å². The van der Waals surface area contributed by atoms with E-state index < -0.39 is 0 Å². The molecule has 0 bridgehead atoms. The lowest BCUT2D eigenvalue weighted by Crippen LogP contribution is -2.38. The van der Waals surface area contributed by atoms with Crippen molar-refractivity contribution in [2.75, 3.05) is 24.5 Å². The maximum absolute atomic E-state index is 12.1. The summed E-state index contributed by atoms with van der Waals surface area (Å²) in [6, 6.07) is 8.23. The maximum atomic E-state index is 12.1. The third-order valence-electron chi connectivity index (χ3n) is 5.23. The van der Waals surface area contributed by atoms with Gasteiger partial charge in [-0.05, 0) is 30.2 Å². The zero-order valence-corrected chi connectivity index (χ0v) is 14.0. The van der Waals surface area contributed by atoms with Crippen molar-refractivity contribution in [1.29, 1.82) is 0 Å². The summed E-state index contributed by atoms with van der Waals surface area (Å²) < 4.78 is 0. The first kappa shape index (κ1) is 15.1. The lowest BCUT2D eigenvalue weighted by molar-refractivity contribution is -0.129. The predicted molar refractivity (Wildman–Crippen MR) is 92.7 cm³/mol. The van der Waals surface area contributed by atoms with Gasteiger partial charge in [0.2, 0.25) is 5.91 Å². The van der Waals surface area contributed by atoms with Crippen molar-refractivity contribution in [2.45, 2.75) is 31.7 Å². The topological polar surface area (TPSA) is 49.3 Å². The fraction of sp³-hybridized carbons (Fsp3) is 0.421. The zero-order chi connectivity index (χ0) is 16.6. The molecule has 0 radical (unpaired) electrons. The first-order valence-electron chi connectivity index (χ1n) is 8.59. The smallest absolute Gasteiger partial charge is 0.222 e. The summed E-state index contributed by atoms with van der Waals surface area (Å²) in [6.45, 7) is 5.30. The van der Waals surface area contributed by atoms with Crippen LogP contribution in [0.2, 0.25) is 0 Å². The van der Waals surface area contributed by atoms with Gasteiger partial charge in [-0.25, -0.2) is 0 Å². The Morgan fingerprint density at radius 2 is 2.12 bits per heavy atom. The van der Waals surface area contributed by atoms with Gasteiger partial charge in [-0.2, -0.15) is 0 Å². The highest BCUT2D eigenvalue weighted by Gasteiger charge is 2.49. The minimum Gasteiger partial charge on any atom is -0.365 e. The minimum absolute atomic E-state index is 0.0242. The highest BCUT2D eigenvalue weighted by molar-refractivity contribution is 5.77. The quantitative estimate of drug-likeness (QED) is 0.870. The third-order valence-corrected chi connectivity index (χ3v) is 5.23. The minimum atomic E-state index is -0.0242. The first-order chi connectivity index (χ1) is 11.7. The molecule has 0 aliphatic carbocycles. The lowest BCUT2D eigenvalue weighted by atomic mass is 9.85. The molecule has 1 saturated heterocycles. The summed E-state index contributed by atoms with van der Waals surface area (Å²) in [7, 11) is 0. The highest BCUT2D eigenvalue weighted by atomic mass is 16.2. The molecule has 0 aromatic carbocycles. The van der Waals surface area contributed by atoms with Crippen molar-refractivity contribution in [3.05, 3.63) is 54.1 Å². The number of fused-ring (bicyclic) bond motifs is 2. The molecule has 1 fully saturated rings. The Balaban J connectivity index is 1.63. The Hall–Kier alpha value is -2.43. The molecule has 0 unspecified atom stereocenters. The van der Waals surface area contributed by atoms with Crippen molar-refractivity contribution in [1.82, 2.24) is 14.9 Å². The van der Waals surface area contributed by atoms with Crippen molar-refractivity contribution in [2.24, 2.45) is 0 Å². The van der Waals surface area contributed by atoms with Crippen molar-refractivity contribution in [3.8, 4) is 0 Å². The summed E-state index contributed by atoms with van der Waals surface area (Å²) in [4.78, 5) is 25.5. The van der Waals surface area contributed by atoms with E-state index in [0.29, 0.717) is 6.42 Å². The molecule has 1 atom stereocenters.